The van der Waals surface area contributed by atoms with Crippen molar-refractivity contribution in [1.82, 2.24) is 13.7 Å². The summed E-state index contributed by atoms with van der Waals surface area (Å²) in [6.07, 6.45) is 0. The summed E-state index contributed by atoms with van der Waals surface area (Å²) in [4.78, 5) is 0. The molecule has 0 bridgehead atoms. The molecule has 0 saturated heterocycles. The van der Waals surface area contributed by atoms with Gasteiger partial charge in [0, 0.05) is 77.7 Å². The van der Waals surface area contributed by atoms with Gasteiger partial charge in [0.1, 0.15) is 0 Å². The van der Waals surface area contributed by atoms with Crippen molar-refractivity contribution < 1.29 is 0 Å². The Hall–Kier alpha value is -9.78. The number of fused-ring (bicyclic) bond motifs is 9. The molecule has 3 aromatic heterocycles. The maximum Gasteiger partial charge on any atom is 0.0542 e. The third kappa shape index (κ3) is 6.96. The van der Waals surface area contributed by atoms with Gasteiger partial charge in [-0.15, -0.1) is 0 Å². The number of hydrogen-bond acceptors (Lipinski definition) is 3. The SMILES string of the molecule is c1ccc(-c2c(Nc3ccc4c(c3)c3ccccc3n4-c3ccccc3)cc(Nc3ccc4c(c3)c3ccccc3n4-c3ccccc3)cc2Nc2ccc3c(c2)c2ccccc2n3-c2ccccc2)cc1. The number of rotatable bonds is 10. The van der Waals surface area contributed by atoms with E-state index in [2.05, 4.69) is 291 Å². The number of anilines is 6. The first-order valence-electron chi connectivity index (χ1n) is 24.5. The smallest absolute Gasteiger partial charge is 0.0542 e. The van der Waals surface area contributed by atoms with Crippen LogP contribution < -0.4 is 16.0 Å². The van der Waals surface area contributed by atoms with E-state index in [-0.39, 0.29) is 0 Å². The normalized spacial score (nSPS) is 11.6. The minimum Gasteiger partial charge on any atom is -0.355 e. The Morgan fingerprint density at radius 3 is 0.903 bits per heavy atom. The molecule has 11 aromatic carbocycles. The van der Waals surface area contributed by atoms with Crippen LogP contribution in [-0.2, 0) is 0 Å². The highest BCUT2D eigenvalue weighted by molar-refractivity contribution is 6.13. The summed E-state index contributed by atoms with van der Waals surface area (Å²) in [5.41, 5.74) is 18.4. The predicted molar refractivity (Wildman–Crippen MR) is 304 cm³/mol. The molecule has 0 amide bonds. The molecule has 0 saturated carbocycles. The summed E-state index contributed by atoms with van der Waals surface area (Å²) < 4.78 is 7.08. The van der Waals surface area contributed by atoms with Crippen molar-refractivity contribution in [1.29, 1.82) is 0 Å². The van der Waals surface area contributed by atoms with Gasteiger partial charge in [0.05, 0.1) is 44.5 Å². The first-order valence-corrected chi connectivity index (χ1v) is 24.5. The summed E-state index contributed by atoms with van der Waals surface area (Å²) in [6, 6.07) is 93.4. The third-order valence-corrected chi connectivity index (χ3v) is 14.1. The van der Waals surface area contributed by atoms with Crippen molar-refractivity contribution in [2.75, 3.05) is 16.0 Å². The van der Waals surface area contributed by atoms with Gasteiger partial charge < -0.3 is 29.7 Å². The summed E-state index contributed by atoms with van der Waals surface area (Å²) in [7, 11) is 0. The molecule has 0 aliphatic carbocycles. The summed E-state index contributed by atoms with van der Waals surface area (Å²) in [5.74, 6) is 0. The van der Waals surface area contributed by atoms with E-state index in [0.29, 0.717) is 0 Å². The predicted octanol–water partition coefficient (Wildman–Crippen LogP) is 17.9. The number of nitrogens with one attached hydrogen (secondary N) is 3. The van der Waals surface area contributed by atoms with E-state index in [0.717, 1.165) is 78.9 Å². The molecule has 0 radical (unpaired) electrons. The van der Waals surface area contributed by atoms with E-state index in [4.69, 9.17) is 0 Å². The van der Waals surface area contributed by atoms with Crippen molar-refractivity contribution in [2.24, 2.45) is 0 Å². The van der Waals surface area contributed by atoms with Gasteiger partial charge in [0.15, 0.2) is 0 Å². The highest BCUT2D eigenvalue weighted by atomic mass is 15.0. The lowest BCUT2D eigenvalue weighted by molar-refractivity contribution is 1.18. The van der Waals surface area contributed by atoms with Crippen LogP contribution in [0.15, 0.2) is 261 Å². The first-order chi connectivity index (χ1) is 35.7. The van der Waals surface area contributed by atoms with Crippen LogP contribution in [0.4, 0.5) is 34.1 Å². The number of hydrogen-bond donors (Lipinski definition) is 3. The molecular formula is C66H46N6. The fourth-order valence-electron chi connectivity index (χ4n) is 11.0. The average molecular weight is 923 g/mol. The Balaban J connectivity index is 0.942. The highest BCUT2D eigenvalue weighted by Crippen LogP contribution is 2.44. The second kappa shape index (κ2) is 17.0. The average Bonchev–Trinajstić information content (AvgIpc) is 4.07. The molecule has 3 N–H and O–H groups in total. The Labute approximate surface area is 416 Å². The number of aromatic nitrogens is 3. The maximum absolute atomic E-state index is 3.98. The minimum atomic E-state index is 0.939. The molecule has 0 aliphatic rings. The van der Waals surface area contributed by atoms with Crippen LogP contribution in [0.2, 0.25) is 0 Å². The molecule has 0 unspecified atom stereocenters. The van der Waals surface area contributed by atoms with Crippen LogP contribution in [0.3, 0.4) is 0 Å². The van der Waals surface area contributed by atoms with Gasteiger partial charge in [-0.05, 0) is 127 Å². The molecule has 0 spiro atoms. The largest absolute Gasteiger partial charge is 0.355 e. The fraction of sp³-hybridized carbons (Fsp3) is 0. The lowest BCUT2D eigenvalue weighted by Gasteiger charge is -2.21. The fourth-order valence-corrected chi connectivity index (χ4v) is 11.0. The Morgan fingerprint density at radius 2 is 0.528 bits per heavy atom. The second-order valence-electron chi connectivity index (χ2n) is 18.4. The van der Waals surface area contributed by atoms with Gasteiger partial charge in [-0.1, -0.05) is 140 Å². The van der Waals surface area contributed by atoms with Crippen LogP contribution >= 0.6 is 0 Å². The monoisotopic (exact) mass is 922 g/mol. The summed E-state index contributed by atoms with van der Waals surface area (Å²) in [5, 5.41) is 19.0. The Kier molecular flexibility index (Phi) is 9.74. The molecule has 6 heteroatoms. The molecular weight excluding hydrogens is 877 g/mol. The number of nitrogens with zero attached hydrogens (tertiary/aromatic N) is 3. The van der Waals surface area contributed by atoms with Crippen molar-refractivity contribution in [2.45, 2.75) is 0 Å². The topological polar surface area (TPSA) is 50.9 Å². The molecule has 14 rings (SSSR count). The van der Waals surface area contributed by atoms with Crippen LogP contribution in [0, 0.1) is 0 Å². The van der Waals surface area contributed by atoms with Gasteiger partial charge in [-0.2, -0.15) is 0 Å². The van der Waals surface area contributed by atoms with Gasteiger partial charge in [0.2, 0.25) is 0 Å². The van der Waals surface area contributed by atoms with Gasteiger partial charge in [-0.25, -0.2) is 0 Å². The Bertz CT molecular complexity index is 4160. The third-order valence-electron chi connectivity index (χ3n) is 14.1. The zero-order chi connectivity index (χ0) is 47.5. The van der Waals surface area contributed by atoms with Crippen LogP contribution in [-0.4, -0.2) is 13.7 Å². The van der Waals surface area contributed by atoms with Crippen LogP contribution in [0.5, 0.6) is 0 Å². The number of benzene rings is 11. The van der Waals surface area contributed by atoms with E-state index < -0.39 is 0 Å². The second-order valence-corrected chi connectivity index (χ2v) is 18.4. The molecule has 14 aromatic rings. The molecule has 0 atom stereocenters. The lowest BCUT2D eigenvalue weighted by atomic mass is 9.99. The molecule has 340 valence electrons. The standard InChI is InChI=1S/C66H46N6/c1-5-19-44(20-6-1)66-58(68-46-34-37-64-56(40-46)53-28-14-17-31-61(53)71(64)50-23-9-3-10-24-50)42-48(67-45-33-36-63-55(39-45)52-27-13-16-30-60(52)70(63)49-21-7-2-8-22-49)43-59(66)69-47-35-38-65-57(41-47)54-29-15-18-32-62(54)72(65)51-25-11-4-12-26-51/h1-43,67-69H. The van der Waals surface area contributed by atoms with Gasteiger partial charge >= 0.3 is 0 Å². The van der Waals surface area contributed by atoms with Crippen LogP contribution in [0.25, 0.3) is 93.6 Å². The number of para-hydroxylation sites is 6. The van der Waals surface area contributed by atoms with Crippen LogP contribution in [0.1, 0.15) is 0 Å². The lowest BCUT2D eigenvalue weighted by Crippen LogP contribution is -2.02. The summed E-state index contributed by atoms with van der Waals surface area (Å²) in [6.45, 7) is 0. The van der Waals surface area contributed by atoms with Crippen molar-refractivity contribution >= 4 is 99.5 Å². The summed E-state index contributed by atoms with van der Waals surface area (Å²) >= 11 is 0. The van der Waals surface area contributed by atoms with E-state index >= 15 is 0 Å². The molecule has 6 nitrogen and oxygen atoms in total. The van der Waals surface area contributed by atoms with Gasteiger partial charge in [0.25, 0.3) is 0 Å². The van der Waals surface area contributed by atoms with E-state index in [1.54, 1.807) is 0 Å². The van der Waals surface area contributed by atoms with E-state index in [1.807, 2.05) is 0 Å². The zero-order valence-electron chi connectivity index (χ0n) is 39.2. The van der Waals surface area contributed by atoms with Crippen molar-refractivity contribution in [3.8, 4) is 28.2 Å². The molecule has 72 heavy (non-hydrogen) atoms. The molecule has 0 fully saturated rings. The molecule has 0 aliphatic heterocycles. The zero-order valence-corrected chi connectivity index (χ0v) is 39.2. The van der Waals surface area contributed by atoms with E-state index in [9.17, 15) is 0 Å². The maximum atomic E-state index is 3.98. The quantitative estimate of drug-likeness (QED) is 0.128. The van der Waals surface area contributed by atoms with E-state index in [1.165, 1.54) is 48.9 Å². The van der Waals surface area contributed by atoms with Gasteiger partial charge in [-0.3, -0.25) is 0 Å². The highest BCUT2D eigenvalue weighted by Gasteiger charge is 2.20. The first kappa shape index (κ1) is 41.2. The minimum absolute atomic E-state index is 0.939. The molecule has 3 heterocycles. The van der Waals surface area contributed by atoms with Crippen molar-refractivity contribution in [3.05, 3.63) is 261 Å². The Morgan fingerprint density at radius 1 is 0.222 bits per heavy atom. The van der Waals surface area contributed by atoms with Crippen molar-refractivity contribution in [3.63, 3.8) is 0 Å².